The third-order valence-electron chi connectivity index (χ3n) is 4.88. The zero-order valence-electron chi connectivity index (χ0n) is 11.0. The van der Waals surface area contributed by atoms with E-state index in [1.807, 2.05) is 6.92 Å². The zero-order valence-corrected chi connectivity index (χ0v) is 11.0. The molecule has 2 fully saturated rings. The Hall–Kier alpha value is -0.180. The maximum atomic E-state index is 14.0. The average Bonchev–Trinajstić information content (AvgIpc) is 2.28. The van der Waals surface area contributed by atoms with Crippen LogP contribution in [0.4, 0.5) is 8.78 Å². The highest BCUT2D eigenvalue weighted by atomic mass is 19.2. The highest BCUT2D eigenvalue weighted by Crippen LogP contribution is 2.43. The van der Waals surface area contributed by atoms with Crippen molar-refractivity contribution in [2.75, 3.05) is 0 Å². The molecule has 102 valence electrons. The molecule has 0 spiro atoms. The maximum absolute atomic E-state index is 14.0. The van der Waals surface area contributed by atoms with E-state index >= 15 is 0 Å². The smallest absolute Gasteiger partial charge is 0.134 e. The van der Waals surface area contributed by atoms with Crippen LogP contribution in [0, 0.1) is 23.7 Å². The molecule has 0 bridgehead atoms. The van der Waals surface area contributed by atoms with Gasteiger partial charge in [-0.3, -0.25) is 0 Å². The maximum Gasteiger partial charge on any atom is 0.134 e. The Morgan fingerprint density at radius 3 is 1.94 bits per heavy atom. The van der Waals surface area contributed by atoms with Gasteiger partial charge in [-0.1, -0.05) is 26.7 Å². The highest BCUT2D eigenvalue weighted by Gasteiger charge is 2.42. The van der Waals surface area contributed by atoms with Crippen molar-refractivity contribution in [3.8, 4) is 0 Å². The molecular formula is C14H26F2O. The molecule has 17 heavy (non-hydrogen) atoms. The van der Waals surface area contributed by atoms with Crippen molar-refractivity contribution in [3.63, 3.8) is 0 Å². The zero-order chi connectivity index (χ0) is 11.7. The standard InChI is InChI=1S/C14H24F2.H2O/c1-9-3-6-11(7-4-9)12-8-5-10(2)13(15)14(12)16;/h9-14H,3-8H2,1-2H3;1H2. The number of hydrogen-bond donors (Lipinski definition) is 0. The number of halogens is 2. The summed E-state index contributed by atoms with van der Waals surface area (Å²) in [6, 6.07) is 0. The molecule has 2 aliphatic carbocycles. The van der Waals surface area contributed by atoms with Gasteiger partial charge in [0, 0.05) is 0 Å². The molecule has 3 heteroatoms. The molecule has 2 aliphatic rings. The van der Waals surface area contributed by atoms with Gasteiger partial charge in [-0.2, -0.15) is 0 Å². The van der Waals surface area contributed by atoms with Gasteiger partial charge in [0.25, 0.3) is 0 Å². The van der Waals surface area contributed by atoms with Crippen molar-refractivity contribution in [2.24, 2.45) is 23.7 Å². The molecule has 0 heterocycles. The van der Waals surface area contributed by atoms with E-state index in [1.54, 1.807) is 0 Å². The van der Waals surface area contributed by atoms with Gasteiger partial charge in [0.2, 0.25) is 0 Å². The molecule has 0 aromatic heterocycles. The third kappa shape index (κ3) is 3.18. The Morgan fingerprint density at radius 2 is 1.35 bits per heavy atom. The van der Waals surface area contributed by atoms with Crippen molar-refractivity contribution in [3.05, 3.63) is 0 Å². The first-order chi connectivity index (χ1) is 7.59. The Kier molecular flexibility index (Phi) is 5.36. The molecule has 2 N–H and O–H groups in total. The Morgan fingerprint density at radius 1 is 0.765 bits per heavy atom. The Labute approximate surface area is 103 Å². The van der Waals surface area contributed by atoms with Crippen LogP contribution in [0.1, 0.15) is 52.4 Å². The first kappa shape index (κ1) is 14.9. The molecule has 0 amide bonds. The fraction of sp³-hybridized carbons (Fsp3) is 1.00. The van der Waals surface area contributed by atoms with E-state index in [0.29, 0.717) is 5.92 Å². The van der Waals surface area contributed by atoms with Gasteiger partial charge in [-0.25, -0.2) is 8.78 Å². The van der Waals surface area contributed by atoms with Crippen molar-refractivity contribution < 1.29 is 14.3 Å². The van der Waals surface area contributed by atoms with Gasteiger partial charge in [-0.05, 0) is 49.4 Å². The second-order valence-electron chi connectivity index (χ2n) is 6.13. The van der Waals surface area contributed by atoms with Crippen molar-refractivity contribution in [2.45, 2.75) is 64.7 Å². The first-order valence-corrected chi connectivity index (χ1v) is 6.87. The summed E-state index contributed by atoms with van der Waals surface area (Å²) in [6.07, 6.45) is 4.03. The van der Waals surface area contributed by atoms with Crippen molar-refractivity contribution in [1.82, 2.24) is 0 Å². The fourth-order valence-corrected chi connectivity index (χ4v) is 3.53. The van der Waals surface area contributed by atoms with Gasteiger partial charge in [-0.15, -0.1) is 0 Å². The molecule has 2 rings (SSSR count). The van der Waals surface area contributed by atoms with E-state index in [-0.39, 0.29) is 17.3 Å². The van der Waals surface area contributed by atoms with Gasteiger partial charge >= 0.3 is 0 Å². The summed E-state index contributed by atoms with van der Waals surface area (Å²) in [5, 5.41) is 0. The van der Waals surface area contributed by atoms with Crippen LogP contribution in [-0.4, -0.2) is 17.8 Å². The number of rotatable bonds is 1. The summed E-state index contributed by atoms with van der Waals surface area (Å²) in [5.74, 6) is 1.18. The van der Waals surface area contributed by atoms with E-state index < -0.39 is 12.3 Å². The normalized spacial score (nSPS) is 47.3. The van der Waals surface area contributed by atoms with Crippen LogP contribution < -0.4 is 0 Å². The van der Waals surface area contributed by atoms with E-state index in [4.69, 9.17) is 0 Å². The predicted octanol–water partition coefficient (Wildman–Crippen LogP) is 3.71. The minimum Gasteiger partial charge on any atom is -0.412 e. The summed E-state index contributed by atoms with van der Waals surface area (Å²) in [7, 11) is 0. The molecule has 1 nitrogen and oxygen atoms in total. The minimum atomic E-state index is -1.21. The second kappa shape index (κ2) is 6.12. The van der Waals surface area contributed by atoms with Crippen LogP contribution in [0.2, 0.25) is 0 Å². The first-order valence-electron chi connectivity index (χ1n) is 6.87. The molecule has 2 saturated carbocycles. The van der Waals surface area contributed by atoms with Gasteiger partial charge in [0.05, 0.1) is 0 Å². The van der Waals surface area contributed by atoms with Crippen molar-refractivity contribution >= 4 is 0 Å². The molecule has 4 atom stereocenters. The Balaban J connectivity index is 0.00000144. The molecule has 0 aromatic carbocycles. The predicted molar refractivity (Wildman–Crippen MR) is 66.4 cm³/mol. The van der Waals surface area contributed by atoms with Crippen LogP contribution in [0.25, 0.3) is 0 Å². The monoisotopic (exact) mass is 248 g/mol. The summed E-state index contributed by atoms with van der Waals surface area (Å²) >= 11 is 0. The number of alkyl halides is 2. The Bertz CT molecular complexity index is 226. The average molecular weight is 248 g/mol. The summed E-state index contributed by atoms with van der Waals surface area (Å²) < 4.78 is 27.7. The molecule has 0 radical (unpaired) electrons. The molecule has 0 saturated heterocycles. The fourth-order valence-electron chi connectivity index (χ4n) is 3.53. The lowest BCUT2D eigenvalue weighted by molar-refractivity contribution is -0.00577. The minimum absolute atomic E-state index is 0. The van der Waals surface area contributed by atoms with Gasteiger partial charge in [0.15, 0.2) is 0 Å². The summed E-state index contributed by atoms with van der Waals surface area (Å²) in [6.45, 7) is 4.11. The molecule has 0 aliphatic heterocycles. The van der Waals surface area contributed by atoms with Crippen LogP contribution in [0.15, 0.2) is 0 Å². The topological polar surface area (TPSA) is 31.5 Å². The molecular weight excluding hydrogens is 222 g/mol. The highest BCUT2D eigenvalue weighted by molar-refractivity contribution is 4.90. The van der Waals surface area contributed by atoms with Crippen LogP contribution in [-0.2, 0) is 0 Å². The summed E-state index contributed by atoms with van der Waals surface area (Å²) in [5.41, 5.74) is 0. The molecule has 0 aromatic rings. The summed E-state index contributed by atoms with van der Waals surface area (Å²) in [4.78, 5) is 0. The third-order valence-corrected chi connectivity index (χ3v) is 4.88. The lowest BCUT2D eigenvalue weighted by atomic mass is 9.68. The van der Waals surface area contributed by atoms with Crippen LogP contribution in [0.3, 0.4) is 0 Å². The lowest BCUT2D eigenvalue weighted by Gasteiger charge is -2.40. The lowest BCUT2D eigenvalue weighted by Crippen LogP contribution is -2.41. The quantitative estimate of drug-likeness (QED) is 0.677. The van der Waals surface area contributed by atoms with E-state index in [2.05, 4.69) is 6.92 Å². The number of hydrogen-bond acceptors (Lipinski definition) is 0. The van der Waals surface area contributed by atoms with E-state index in [1.165, 1.54) is 12.8 Å². The second-order valence-corrected chi connectivity index (χ2v) is 6.13. The van der Waals surface area contributed by atoms with E-state index in [0.717, 1.165) is 31.6 Å². The van der Waals surface area contributed by atoms with Gasteiger partial charge < -0.3 is 5.48 Å². The SMILES string of the molecule is CC1CCC(C2CCC(C)C(F)C2F)CC1.O. The van der Waals surface area contributed by atoms with Crippen molar-refractivity contribution in [1.29, 1.82) is 0 Å². The van der Waals surface area contributed by atoms with Crippen LogP contribution >= 0.6 is 0 Å². The largest absolute Gasteiger partial charge is 0.412 e. The molecule has 4 unspecified atom stereocenters. The van der Waals surface area contributed by atoms with Gasteiger partial charge in [0.1, 0.15) is 12.3 Å². The van der Waals surface area contributed by atoms with Crippen LogP contribution in [0.5, 0.6) is 0 Å². The van der Waals surface area contributed by atoms with E-state index in [9.17, 15) is 8.78 Å².